The second kappa shape index (κ2) is 16.5. The Hall–Kier alpha value is -4.51. The third-order valence-corrected chi connectivity index (χ3v) is 15.2. The molecule has 0 spiro atoms. The molecule has 2 nitrogen and oxygen atoms in total. The Balaban J connectivity index is 1.54. The van der Waals surface area contributed by atoms with E-state index in [1.807, 2.05) is 0 Å². The van der Waals surface area contributed by atoms with Gasteiger partial charge in [-0.25, -0.2) is 0 Å². The Morgan fingerprint density at radius 2 is 0.831 bits per heavy atom. The molecule has 1 aliphatic carbocycles. The van der Waals surface area contributed by atoms with Crippen LogP contribution < -0.4 is 4.40 Å². The van der Waals surface area contributed by atoms with Gasteiger partial charge in [0.1, 0.15) is 0 Å². The predicted molar refractivity (Wildman–Crippen MR) is 253 cm³/mol. The molecular formula is C56H62GeO2. The van der Waals surface area contributed by atoms with Gasteiger partial charge in [-0.2, -0.15) is 0 Å². The van der Waals surface area contributed by atoms with Crippen molar-refractivity contribution in [1.82, 2.24) is 0 Å². The first-order chi connectivity index (χ1) is 28.0. The molecule has 0 bridgehead atoms. The van der Waals surface area contributed by atoms with Gasteiger partial charge in [0.15, 0.2) is 0 Å². The van der Waals surface area contributed by atoms with Crippen molar-refractivity contribution in [3.05, 3.63) is 158 Å². The first kappa shape index (κ1) is 42.6. The second-order valence-electron chi connectivity index (χ2n) is 18.5. The number of benzene rings is 6. The van der Waals surface area contributed by atoms with Gasteiger partial charge in [0.25, 0.3) is 0 Å². The van der Waals surface area contributed by atoms with Crippen LogP contribution in [0, 0.1) is 47.5 Å². The fourth-order valence-corrected chi connectivity index (χ4v) is 13.1. The maximum atomic E-state index is 16.3. The van der Waals surface area contributed by atoms with Crippen molar-refractivity contribution < 1.29 is 8.56 Å². The standard InChI is InChI=1S/C56H62GeO2/c1-31(2)41-19-15-20-42(32(3)4)51(41)44-22-16-23-45-52-43(33(5)6)21-18-26-48(52)56(34(7)8,55(58)53(44)45)59-57-54-46(49-37(11)27-35(9)28-38(49)12)24-17-25-47(54)50-39(13)29-36(10)30-40(50)14/h15-34H,1-14H3/t56-/m0/s1. The molecule has 0 amide bonds. The molecule has 0 saturated heterocycles. The molecular weight excluding hydrogens is 777 g/mol. The van der Waals surface area contributed by atoms with Crippen LogP contribution in [0.25, 0.3) is 44.5 Å². The fraction of sp³-hybridized carbons (Fsp3) is 0.339. The molecule has 0 unspecified atom stereocenters. The molecule has 0 saturated carbocycles. The summed E-state index contributed by atoms with van der Waals surface area (Å²) in [5.41, 5.74) is 21.3. The summed E-state index contributed by atoms with van der Waals surface area (Å²) in [6.45, 7) is 31.3. The predicted octanol–water partition coefficient (Wildman–Crippen LogP) is 14.6. The van der Waals surface area contributed by atoms with Gasteiger partial charge < -0.3 is 0 Å². The summed E-state index contributed by atoms with van der Waals surface area (Å²) >= 11 is -1.44. The monoisotopic (exact) mass is 840 g/mol. The Kier molecular flexibility index (Phi) is 11.9. The Morgan fingerprint density at radius 1 is 0.458 bits per heavy atom. The van der Waals surface area contributed by atoms with Gasteiger partial charge in [-0.05, 0) is 0 Å². The number of fused-ring (bicyclic) bond motifs is 3. The van der Waals surface area contributed by atoms with Crippen LogP contribution in [0.2, 0.25) is 0 Å². The van der Waals surface area contributed by atoms with Crippen molar-refractivity contribution in [2.75, 3.05) is 0 Å². The van der Waals surface area contributed by atoms with E-state index < -0.39 is 21.4 Å². The third kappa shape index (κ3) is 7.29. The molecule has 1 aliphatic rings. The molecule has 1 atom stereocenters. The normalized spacial score (nSPS) is 15.1. The molecule has 2 radical (unpaired) electrons. The van der Waals surface area contributed by atoms with Crippen molar-refractivity contribution >= 4 is 25.9 Å². The van der Waals surface area contributed by atoms with E-state index in [1.165, 1.54) is 82.3 Å². The van der Waals surface area contributed by atoms with Crippen LogP contribution >= 0.6 is 0 Å². The number of carbonyl (C=O) groups excluding carboxylic acids is 1. The Labute approximate surface area is 361 Å². The SMILES string of the molecule is Cc1cc(C)c(-c2cccc(-c3c(C)cc(C)cc3C)[c]2[Ge][O][C@]2(C(C)C)C(=O)c3c(-c4c(C(C)C)cccc4C(C)C)cccc3-c3c(C(C)C)cccc32)c(C)c1. The van der Waals surface area contributed by atoms with Crippen LogP contribution in [-0.2, 0) is 9.36 Å². The summed E-state index contributed by atoms with van der Waals surface area (Å²) in [7, 11) is 0. The molecule has 6 aromatic carbocycles. The summed E-state index contributed by atoms with van der Waals surface area (Å²) in [6, 6.07) is 35.8. The van der Waals surface area contributed by atoms with E-state index in [9.17, 15) is 0 Å². The number of ketones is 1. The molecule has 0 N–H and O–H groups in total. The molecule has 0 aromatic heterocycles. The molecule has 0 fully saturated rings. The Bertz CT molecular complexity index is 2450. The number of aryl methyl sites for hydroxylation is 6. The zero-order valence-corrected chi connectivity index (χ0v) is 40.0. The van der Waals surface area contributed by atoms with Crippen molar-refractivity contribution in [1.29, 1.82) is 0 Å². The van der Waals surface area contributed by atoms with Gasteiger partial charge in [-0.3, -0.25) is 0 Å². The topological polar surface area (TPSA) is 26.3 Å². The van der Waals surface area contributed by atoms with Gasteiger partial charge in [0, 0.05) is 0 Å². The number of rotatable bonds is 10. The summed E-state index contributed by atoms with van der Waals surface area (Å²) < 4.78 is 9.04. The summed E-state index contributed by atoms with van der Waals surface area (Å²) in [5, 5.41) is 0. The summed E-state index contributed by atoms with van der Waals surface area (Å²) in [4.78, 5) is 16.3. The number of hydrogen-bond donors (Lipinski definition) is 0. The molecule has 6 aromatic rings. The number of Topliss-reactive ketones (excluding diaryl/α,β-unsaturated/α-hetero) is 1. The Morgan fingerprint density at radius 3 is 1.25 bits per heavy atom. The van der Waals surface area contributed by atoms with E-state index in [0.717, 1.165) is 27.8 Å². The average molecular weight is 840 g/mol. The van der Waals surface area contributed by atoms with Crippen molar-refractivity contribution in [2.45, 2.75) is 120 Å². The van der Waals surface area contributed by atoms with Gasteiger partial charge in [0.05, 0.1) is 0 Å². The van der Waals surface area contributed by atoms with E-state index in [2.05, 4.69) is 194 Å². The number of hydrogen-bond acceptors (Lipinski definition) is 2. The van der Waals surface area contributed by atoms with Gasteiger partial charge in [-0.1, -0.05) is 0 Å². The quantitative estimate of drug-likeness (QED) is 0.128. The minimum absolute atomic E-state index is 0.0768. The van der Waals surface area contributed by atoms with Crippen molar-refractivity contribution in [2.24, 2.45) is 5.92 Å². The van der Waals surface area contributed by atoms with Crippen molar-refractivity contribution in [3.63, 3.8) is 0 Å². The maximum absolute atomic E-state index is 16.3. The molecule has 59 heavy (non-hydrogen) atoms. The fourth-order valence-electron chi connectivity index (χ4n) is 10.3. The van der Waals surface area contributed by atoms with E-state index in [-0.39, 0.29) is 29.5 Å². The number of carbonyl (C=O) groups is 1. The van der Waals surface area contributed by atoms with E-state index in [4.69, 9.17) is 3.76 Å². The summed E-state index contributed by atoms with van der Waals surface area (Å²) in [5.74, 6) is 0.746. The molecule has 7 rings (SSSR count). The molecule has 302 valence electrons. The van der Waals surface area contributed by atoms with Gasteiger partial charge in [0.2, 0.25) is 0 Å². The average Bonchev–Trinajstić information content (AvgIpc) is 3.16. The first-order valence-corrected chi connectivity index (χ1v) is 23.6. The zero-order chi connectivity index (χ0) is 42.7. The van der Waals surface area contributed by atoms with Crippen LogP contribution in [0.4, 0.5) is 0 Å². The van der Waals surface area contributed by atoms with Crippen LogP contribution in [0.3, 0.4) is 0 Å². The van der Waals surface area contributed by atoms with E-state index >= 15 is 4.79 Å². The molecule has 3 heteroatoms. The van der Waals surface area contributed by atoms with Crippen LogP contribution in [0.1, 0.15) is 139 Å². The minimum atomic E-state index is -1.44. The van der Waals surface area contributed by atoms with Crippen LogP contribution in [-0.4, -0.2) is 21.6 Å². The molecule has 0 aliphatic heterocycles. The zero-order valence-electron chi connectivity index (χ0n) is 37.9. The van der Waals surface area contributed by atoms with Crippen molar-refractivity contribution in [3.8, 4) is 44.5 Å². The van der Waals surface area contributed by atoms with Gasteiger partial charge >= 0.3 is 363 Å². The second-order valence-corrected chi connectivity index (χ2v) is 20.4. The molecule has 0 heterocycles. The van der Waals surface area contributed by atoms with E-state index in [1.54, 1.807) is 0 Å². The first-order valence-electron chi connectivity index (χ1n) is 21.7. The van der Waals surface area contributed by atoms with Crippen LogP contribution in [0.15, 0.2) is 97.1 Å². The summed E-state index contributed by atoms with van der Waals surface area (Å²) in [6.07, 6.45) is 0. The van der Waals surface area contributed by atoms with E-state index in [0.29, 0.717) is 0 Å². The third-order valence-electron chi connectivity index (χ3n) is 12.7. The van der Waals surface area contributed by atoms with Gasteiger partial charge in [-0.15, -0.1) is 0 Å². The van der Waals surface area contributed by atoms with Crippen LogP contribution in [0.5, 0.6) is 0 Å².